The van der Waals surface area contributed by atoms with Gasteiger partial charge in [-0.25, -0.2) is 4.98 Å². The van der Waals surface area contributed by atoms with Crippen molar-refractivity contribution in [3.63, 3.8) is 0 Å². The molecular weight excluding hydrogens is 224 g/mol. The lowest BCUT2D eigenvalue weighted by atomic mass is 10.1. The van der Waals surface area contributed by atoms with E-state index in [0.29, 0.717) is 6.04 Å². The van der Waals surface area contributed by atoms with Crippen LogP contribution < -0.4 is 5.32 Å². The van der Waals surface area contributed by atoms with Crippen molar-refractivity contribution in [1.82, 2.24) is 19.8 Å². The van der Waals surface area contributed by atoms with Crippen molar-refractivity contribution in [2.24, 2.45) is 0 Å². The highest BCUT2D eigenvalue weighted by Crippen LogP contribution is 2.11. The minimum absolute atomic E-state index is 0.636. The van der Waals surface area contributed by atoms with Crippen LogP contribution in [0.1, 0.15) is 38.9 Å². The zero-order valence-corrected chi connectivity index (χ0v) is 11.7. The summed E-state index contributed by atoms with van der Waals surface area (Å²) >= 11 is 0. The molecule has 1 N–H and O–H groups in total. The topological polar surface area (TPSA) is 33.1 Å². The quantitative estimate of drug-likeness (QED) is 0.802. The number of nitrogens with one attached hydrogen (secondary N) is 1. The fourth-order valence-corrected chi connectivity index (χ4v) is 2.65. The Kier molecular flexibility index (Phi) is 5.20. The monoisotopic (exact) mass is 250 g/mol. The molecule has 4 nitrogen and oxygen atoms in total. The molecule has 0 radical (unpaired) electrons. The predicted octanol–water partition coefficient (Wildman–Crippen LogP) is 1.87. The van der Waals surface area contributed by atoms with Gasteiger partial charge in [-0.3, -0.25) is 4.90 Å². The van der Waals surface area contributed by atoms with Gasteiger partial charge in [0.25, 0.3) is 0 Å². The largest absolute Gasteiger partial charge is 0.333 e. The number of hydrogen-bond donors (Lipinski definition) is 1. The fraction of sp³-hybridized carbons (Fsp3) is 0.786. The van der Waals surface area contributed by atoms with E-state index < -0.39 is 0 Å². The third-order valence-electron chi connectivity index (χ3n) is 3.62. The second-order valence-corrected chi connectivity index (χ2v) is 5.21. The van der Waals surface area contributed by atoms with Gasteiger partial charge in [0.1, 0.15) is 5.82 Å². The van der Waals surface area contributed by atoms with Gasteiger partial charge in [-0.05, 0) is 19.4 Å². The van der Waals surface area contributed by atoms with Crippen molar-refractivity contribution in [3.8, 4) is 0 Å². The standard InChI is InChI=1S/C14H26N4/c1-3-5-13(15-6-4-2)11-17-9-10-18-8-7-16-14(18)12-17/h7-8,13,15H,3-6,9-12H2,1-2H3. The van der Waals surface area contributed by atoms with Crippen LogP contribution in [0, 0.1) is 0 Å². The minimum atomic E-state index is 0.636. The van der Waals surface area contributed by atoms with Gasteiger partial charge in [0.05, 0.1) is 6.54 Å². The van der Waals surface area contributed by atoms with Crippen molar-refractivity contribution < 1.29 is 0 Å². The smallest absolute Gasteiger partial charge is 0.122 e. The normalized spacial score (nSPS) is 17.7. The van der Waals surface area contributed by atoms with Crippen LogP contribution in [0.15, 0.2) is 12.4 Å². The molecule has 1 aromatic heterocycles. The molecule has 1 atom stereocenters. The van der Waals surface area contributed by atoms with Crippen molar-refractivity contribution in [3.05, 3.63) is 18.2 Å². The summed E-state index contributed by atoms with van der Waals surface area (Å²) in [5.41, 5.74) is 0. The van der Waals surface area contributed by atoms with Gasteiger partial charge in [-0.15, -0.1) is 0 Å². The van der Waals surface area contributed by atoms with E-state index in [0.717, 1.165) is 32.7 Å². The molecule has 1 unspecified atom stereocenters. The summed E-state index contributed by atoms with van der Waals surface area (Å²) in [6.45, 7) is 10.0. The summed E-state index contributed by atoms with van der Waals surface area (Å²) in [5.74, 6) is 1.21. The van der Waals surface area contributed by atoms with Gasteiger partial charge < -0.3 is 9.88 Å². The molecule has 2 rings (SSSR count). The molecule has 4 heteroatoms. The van der Waals surface area contributed by atoms with Gasteiger partial charge in [0.2, 0.25) is 0 Å². The molecular formula is C14H26N4. The Labute approximate surface area is 110 Å². The van der Waals surface area contributed by atoms with Crippen LogP contribution in [0.25, 0.3) is 0 Å². The van der Waals surface area contributed by atoms with E-state index in [-0.39, 0.29) is 0 Å². The lowest BCUT2D eigenvalue weighted by Gasteiger charge is -2.31. The SMILES string of the molecule is CCCNC(CCC)CN1CCn2ccnc2C1. The van der Waals surface area contributed by atoms with Crippen LogP contribution >= 0.6 is 0 Å². The lowest BCUT2D eigenvalue weighted by Crippen LogP contribution is -2.44. The second kappa shape index (κ2) is 6.90. The van der Waals surface area contributed by atoms with Crippen LogP contribution in [0.4, 0.5) is 0 Å². The molecule has 0 aliphatic carbocycles. The first-order chi connectivity index (χ1) is 8.83. The van der Waals surface area contributed by atoms with Crippen LogP contribution in [0.3, 0.4) is 0 Å². The summed E-state index contributed by atoms with van der Waals surface area (Å²) < 4.78 is 2.27. The molecule has 0 bridgehead atoms. The molecule has 2 heterocycles. The first-order valence-electron chi connectivity index (χ1n) is 7.29. The average molecular weight is 250 g/mol. The van der Waals surface area contributed by atoms with Gasteiger partial charge in [-0.1, -0.05) is 20.3 Å². The lowest BCUT2D eigenvalue weighted by molar-refractivity contribution is 0.190. The van der Waals surface area contributed by atoms with Gasteiger partial charge in [-0.2, -0.15) is 0 Å². The Morgan fingerprint density at radius 3 is 3.00 bits per heavy atom. The van der Waals surface area contributed by atoms with Gasteiger partial charge in [0, 0.05) is 38.1 Å². The van der Waals surface area contributed by atoms with E-state index in [1.807, 2.05) is 6.20 Å². The number of fused-ring (bicyclic) bond motifs is 1. The number of aromatic nitrogens is 2. The molecule has 1 aliphatic rings. The van der Waals surface area contributed by atoms with Crippen LogP contribution in [-0.4, -0.2) is 40.1 Å². The summed E-state index contributed by atoms with van der Waals surface area (Å²) in [7, 11) is 0. The zero-order chi connectivity index (χ0) is 12.8. The third kappa shape index (κ3) is 3.56. The van der Waals surface area contributed by atoms with E-state index in [1.165, 1.54) is 25.1 Å². The van der Waals surface area contributed by atoms with Gasteiger partial charge in [0.15, 0.2) is 0 Å². The van der Waals surface area contributed by atoms with E-state index in [2.05, 4.69) is 39.8 Å². The number of nitrogens with zero attached hydrogens (tertiary/aromatic N) is 3. The first-order valence-corrected chi connectivity index (χ1v) is 7.29. The predicted molar refractivity (Wildman–Crippen MR) is 74.5 cm³/mol. The molecule has 0 saturated heterocycles. The van der Waals surface area contributed by atoms with Crippen LogP contribution in [-0.2, 0) is 13.1 Å². The highest BCUT2D eigenvalue weighted by Gasteiger charge is 2.19. The number of hydrogen-bond acceptors (Lipinski definition) is 3. The van der Waals surface area contributed by atoms with Crippen LogP contribution in [0.5, 0.6) is 0 Å². The molecule has 0 aromatic carbocycles. The second-order valence-electron chi connectivity index (χ2n) is 5.21. The highest BCUT2D eigenvalue weighted by molar-refractivity contribution is 4.95. The van der Waals surface area contributed by atoms with E-state index in [1.54, 1.807) is 0 Å². The van der Waals surface area contributed by atoms with Crippen molar-refractivity contribution >= 4 is 0 Å². The maximum absolute atomic E-state index is 4.42. The first kappa shape index (κ1) is 13.6. The van der Waals surface area contributed by atoms with E-state index in [4.69, 9.17) is 0 Å². The van der Waals surface area contributed by atoms with E-state index >= 15 is 0 Å². The summed E-state index contributed by atoms with van der Waals surface area (Å²) in [6, 6.07) is 0.636. The Balaban J connectivity index is 1.84. The number of rotatable bonds is 7. The van der Waals surface area contributed by atoms with Crippen molar-refractivity contribution in [2.75, 3.05) is 19.6 Å². The Morgan fingerprint density at radius 1 is 1.33 bits per heavy atom. The van der Waals surface area contributed by atoms with E-state index in [9.17, 15) is 0 Å². The molecule has 0 spiro atoms. The van der Waals surface area contributed by atoms with Crippen LogP contribution in [0.2, 0.25) is 0 Å². The molecule has 0 fully saturated rings. The Bertz CT molecular complexity index is 347. The molecule has 0 amide bonds. The summed E-state index contributed by atoms with van der Waals surface area (Å²) in [4.78, 5) is 6.96. The molecule has 1 aromatic rings. The average Bonchev–Trinajstić information content (AvgIpc) is 2.83. The molecule has 18 heavy (non-hydrogen) atoms. The Hall–Kier alpha value is -0.870. The maximum Gasteiger partial charge on any atom is 0.122 e. The molecule has 0 saturated carbocycles. The maximum atomic E-state index is 4.42. The molecule has 102 valence electrons. The minimum Gasteiger partial charge on any atom is -0.333 e. The zero-order valence-electron chi connectivity index (χ0n) is 11.7. The third-order valence-corrected chi connectivity index (χ3v) is 3.62. The van der Waals surface area contributed by atoms with Crippen molar-refractivity contribution in [2.45, 2.75) is 52.2 Å². The number of imidazole rings is 1. The fourth-order valence-electron chi connectivity index (χ4n) is 2.65. The van der Waals surface area contributed by atoms with Gasteiger partial charge >= 0.3 is 0 Å². The highest BCUT2D eigenvalue weighted by atomic mass is 15.2. The summed E-state index contributed by atoms with van der Waals surface area (Å²) in [6.07, 6.45) is 7.74. The molecule has 1 aliphatic heterocycles. The van der Waals surface area contributed by atoms with Crippen molar-refractivity contribution in [1.29, 1.82) is 0 Å². The Morgan fingerprint density at radius 2 is 2.22 bits per heavy atom. The summed E-state index contributed by atoms with van der Waals surface area (Å²) in [5, 5.41) is 3.67.